The molecule has 4 atom stereocenters. The summed E-state index contributed by atoms with van der Waals surface area (Å²) >= 11 is 6.04. The second-order valence-corrected chi connectivity index (χ2v) is 14.0. The van der Waals surface area contributed by atoms with Crippen molar-refractivity contribution in [1.29, 1.82) is 0 Å². The molecule has 1 aromatic carbocycles. The fraction of sp³-hybridized carbons (Fsp3) is 0.333. The first kappa shape index (κ1) is 29.2. The molecule has 0 bridgehead atoms. The van der Waals surface area contributed by atoms with E-state index in [9.17, 15) is 18.0 Å². The van der Waals surface area contributed by atoms with Crippen LogP contribution in [0.4, 0.5) is 11.6 Å². The number of fused-ring (bicyclic) bond motifs is 3. The molecule has 7 rings (SSSR count). The second kappa shape index (κ2) is 10.5. The van der Waals surface area contributed by atoms with Crippen molar-refractivity contribution in [3.8, 4) is 0 Å². The Hall–Kier alpha value is -4.56. The van der Waals surface area contributed by atoms with Gasteiger partial charge in [0.15, 0.2) is 5.69 Å². The lowest BCUT2D eigenvalue weighted by molar-refractivity contribution is 0.0977. The number of pyridine rings is 1. The molecular weight excluding hydrogens is 618 g/mol. The molecular formula is C30H30ClN9O4S. The van der Waals surface area contributed by atoms with E-state index in [0.717, 1.165) is 41.7 Å². The van der Waals surface area contributed by atoms with Crippen LogP contribution in [0.15, 0.2) is 53.5 Å². The highest BCUT2D eigenvalue weighted by atomic mass is 35.5. The number of halogens is 1. The molecule has 1 aliphatic carbocycles. The normalized spacial score (nSPS) is 19.9. The Morgan fingerprint density at radius 1 is 1.11 bits per heavy atom. The third-order valence-corrected chi connectivity index (χ3v) is 9.37. The van der Waals surface area contributed by atoms with E-state index in [2.05, 4.69) is 31.5 Å². The van der Waals surface area contributed by atoms with Gasteiger partial charge < -0.3 is 10.2 Å². The first-order chi connectivity index (χ1) is 21.4. The Bertz CT molecular complexity index is 2150. The minimum Gasteiger partial charge on any atom is -0.377 e. The molecule has 2 fully saturated rings. The zero-order valence-electron chi connectivity index (χ0n) is 24.9. The van der Waals surface area contributed by atoms with E-state index in [1.54, 1.807) is 28.5 Å². The van der Waals surface area contributed by atoms with Crippen LogP contribution in [-0.4, -0.2) is 63.0 Å². The lowest BCUT2D eigenvalue weighted by Gasteiger charge is -2.25. The number of anilines is 2. The summed E-state index contributed by atoms with van der Waals surface area (Å²) in [5.74, 6) is 0.853. The van der Waals surface area contributed by atoms with Gasteiger partial charge in [0.25, 0.3) is 11.5 Å². The number of sulfonamides is 1. The number of aromatic nitrogens is 6. The van der Waals surface area contributed by atoms with Crippen molar-refractivity contribution in [2.75, 3.05) is 29.6 Å². The third-order valence-electron chi connectivity index (χ3n) is 8.61. The number of rotatable bonds is 7. The summed E-state index contributed by atoms with van der Waals surface area (Å²) in [5.41, 5.74) is 4.12. The largest absolute Gasteiger partial charge is 0.377 e. The Labute approximate surface area is 263 Å². The number of piperidine rings is 1. The fourth-order valence-electron chi connectivity index (χ4n) is 6.55. The topological polar surface area (TPSA) is 156 Å². The van der Waals surface area contributed by atoms with Gasteiger partial charge in [-0.1, -0.05) is 17.7 Å². The summed E-state index contributed by atoms with van der Waals surface area (Å²) in [6, 6.07) is 12.4. The van der Waals surface area contributed by atoms with E-state index < -0.39 is 22.0 Å². The summed E-state index contributed by atoms with van der Waals surface area (Å²) in [6.07, 6.45) is 2.60. The molecule has 1 saturated carbocycles. The van der Waals surface area contributed by atoms with Crippen molar-refractivity contribution in [1.82, 2.24) is 34.1 Å². The SMILES string of the molecule is Cc1cc([C@@H](C)Nc2ccc(Cl)nc2C(=O)NS(C)(=O)=O)c2nc(N3C[C@@H]4C(c5cc6cccnn6n5)[C@@H]4C3)n(C)c(=O)c2c1. The van der Waals surface area contributed by atoms with E-state index in [1.807, 2.05) is 42.8 Å². The lowest BCUT2D eigenvalue weighted by atomic mass is 10.0. The molecule has 1 saturated heterocycles. The van der Waals surface area contributed by atoms with Crippen molar-refractivity contribution >= 4 is 55.6 Å². The number of carbonyl (C=O) groups excluding carboxylic acids is 1. The van der Waals surface area contributed by atoms with E-state index >= 15 is 0 Å². The van der Waals surface area contributed by atoms with E-state index in [1.165, 1.54) is 6.07 Å². The summed E-state index contributed by atoms with van der Waals surface area (Å²) in [4.78, 5) is 37.8. The molecule has 0 radical (unpaired) electrons. The number of benzene rings is 1. The maximum Gasteiger partial charge on any atom is 0.285 e. The predicted octanol–water partition coefficient (Wildman–Crippen LogP) is 3.05. The van der Waals surface area contributed by atoms with Crippen LogP contribution in [0.5, 0.6) is 0 Å². The molecule has 5 aromatic rings. The molecule has 13 nitrogen and oxygen atoms in total. The van der Waals surface area contributed by atoms with Gasteiger partial charge in [-0.05, 0) is 67.6 Å². The van der Waals surface area contributed by atoms with Crippen molar-refractivity contribution in [2.45, 2.75) is 25.8 Å². The summed E-state index contributed by atoms with van der Waals surface area (Å²) in [7, 11) is -2.09. The maximum atomic E-state index is 13.7. The standard InChI is InChI=1S/C30H30ClN9O4S/c1-15-10-18(16(2)33-22-7-8-24(31)34-27(22)28(41)37-45(4,43)44)26-19(11-15)29(42)38(3)30(35-26)39-13-20-21(14-39)25(20)23-12-17-6-5-9-32-40(17)36-23/h5-12,16,20-21,25,33H,13-14H2,1-4H3,(H,37,41)/t16-,20-,21+,25?/m1/s1. The van der Waals surface area contributed by atoms with Crippen LogP contribution >= 0.6 is 11.6 Å². The Morgan fingerprint density at radius 2 is 1.87 bits per heavy atom. The van der Waals surface area contributed by atoms with E-state index in [0.29, 0.717) is 34.6 Å². The zero-order chi connectivity index (χ0) is 31.8. The summed E-state index contributed by atoms with van der Waals surface area (Å²) < 4.78 is 28.7. The van der Waals surface area contributed by atoms with Gasteiger partial charge in [-0.25, -0.2) is 23.1 Å². The van der Waals surface area contributed by atoms with Crippen LogP contribution in [0.2, 0.25) is 5.15 Å². The highest BCUT2D eigenvalue weighted by molar-refractivity contribution is 7.89. The molecule has 0 spiro atoms. The number of carbonyl (C=O) groups is 1. The van der Waals surface area contributed by atoms with Crippen LogP contribution < -0.4 is 20.5 Å². The van der Waals surface area contributed by atoms with Gasteiger partial charge >= 0.3 is 0 Å². The van der Waals surface area contributed by atoms with Crippen LogP contribution in [0, 0.1) is 18.8 Å². The number of nitrogens with one attached hydrogen (secondary N) is 2. The monoisotopic (exact) mass is 647 g/mol. The van der Waals surface area contributed by atoms with Crippen molar-refractivity contribution in [3.05, 3.63) is 86.7 Å². The number of hydrogen-bond donors (Lipinski definition) is 2. The molecule has 1 unspecified atom stereocenters. The highest BCUT2D eigenvalue weighted by Gasteiger charge is 2.58. The number of aryl methyl sites for hydroxylation is 1. The molecule has 1 aliphatic heterocycles. The molecule has 232 valence electrons. The van der Waals surface area contributed by atoms with Gasteiger partial charge in [0.2, 0.25) is 16.0 Å². The first-order valence-corrected chi connectivity index (χ1v) is 16.7. The number of nitrogens with zero attached hydrogens (tertiary/aromatic N) is 7. The Kier molecular flexibility index (Phi) is 6.82. The first-order valence-electron chi connectivity index (χ1n) is 14.4. The Balaban J connectivity index is 1.19. The molecule has 4 aromatic heterocycles. The van der Waals surface area contributed by atoms with Crippen molar-refractivity contribution < 1.29 is 13.2 Å². The van der Waals surface area contributed by atoms with Crippen LogP contribution in [0.1, 0.15) is 46.2 Å². The van der Waals surface area contributed by atoms with Crippen LogP contribution in [-0.2, 0) is 17.1 Å². The molecule has 2 N–H and O–H groups in total. The summed E-state index contributed by atoms with van der Waals surface area (Å²) in [6.45, 7) is 5.29. The molecule has 1 amide bonds. The minimum absolute atomic E-state index is 0.0337. The quantitative estimate of drug-likeness (QED) is 0.252. The van der Waals surface area contributed by atoms with Crippen LogP contribution in [0.3, 0.4) is 0 Å². The van der Waals surface area contributed by atoms with Gasteiger partial charge in [-0.3, -0.25) is 14.2 Å². The number of amides is 1. The van der Waals surface area contributed by atoms with Crippen molar-refractivity contribution in [3.63, 3.8) is 0 Å². The fourth-order valence-corrected chi connectivity index (χ4v) is 7.13. The average Bonchev–Trinajstić information content (AvgIpc) is 3.28. The minimum atomic E-state index is -3.83. The predicted molar refractivity (Wildman–Crippen MR) is 170 cm³/mol. The molecule has 45 heavy (non-hydrogen) atoms. The van der Waals surface area contributed by atoms with Crippen LogP contribution in [0.25, 0.3) is 16.4 Å². The van der Waals surface area contributed by atoms with Gasteiger partial charge in [0.1, 0.15) is 5.15 Å². The van der Waals surface area contributed by atoms with E-state index in [4.69, 9.17) is 16.6 Å². The van der Waals surface area contributed by atoms with Gasteiger partial charge in [0, 0.05) is 37.8 Å². The van der Waals surface area contributed by atoms with Gasteiger partial charge in [-0.15, -0.1) is 0 Å². The molecule has 5 heterocycles. The maximum absolute atomic E-state index is 13.7. The molecule has 15 heteroatoms. The smallest absolute Gasteiger partial charge is 0.285 e. The van der Waals surface area contributed by atoms with Crippen molar-refractivity contribution in [2.24, 2.45) is 18.9 Å². The lowest BCUT2D eigenvalue weighted by Crippen LogP contribution is -2.32. The molecule has 2 aliphatic rings. The Morgan fingerprint density at radius 3 is 2.58 bits per heavy atom. The average molecular weight is 648 g/mol. The second-order valence-electron chi connectivity index (χ2n) is 11.9. The highest BCUT2D eigenvalue weighted by Crippen LogP contribution is 2.58. The zero-order valence-corrected chi connectivity index (χ0v) is 26.5. The van der Waals surface area contributed by atoms with Gasteiger partial charge in [-0.2, -0.15) is 14.8 Å². The van der Waals surface area contributed by atoms with Gasteiger partial charge in [0.05, 0.1) is 40.1 Å². The summed E-state index contributed by atoms with van der Waals surface area (Å²) in [5, 5.41) is 12.7. The number of hydrogen-bond acceptors (Lipinski definition) is 10. The van der Waals surface area contributed by atoms with E-state index in [-0.39, 0.29) is 22.1 Å². The third kappa shape index (κ3) is 5.27.